The molecule has 3 heteroatoms. The Kier molecular flexibility index (Phi) is 3.94. The van der Waals surface area contributed by atoms with Crippen LogP contribution < -0.4 is 5.73 Å². The highest BCUT2D eigenvalue weighted by molar-refractivity contribution is 6.03. The third-order valence-corrected chi connectivity index (χ3v) is 9.09. The van der Waals surface area contributed by atoms with Gasteiger partial charge in [-0.3, -0.25) is 9.59 Å². The first-order valence-electron chi connectivity index (χ1n) is 10.4. The summed E-state index contributed by atoms with van der Waals surface area (Å²) in [7, 11) is 0. The monoisotopic (exact) mass is 343 g/mol. The second kappa shape index (κ2) is 5.69. The summed E-state index contributed by atoms with van der Waals surface area (Å²) in [6.45, 7) is 7.19. The average molecular weight is 344 g/mol. The molecule has 3 saturated carbocycles. The fraction of sp³-hybridized carbons (Fsp3) is 0.818. The van der Waals surface area contributed by atoms with E-state index in [1.165, 1.54) is 38.5 Å². The molecule has 2 N–H and O–H groups in total. The van der Waals surface area contributed by atoms with E-state index < -0.39 is 0 Å². The van der Waals surface area contributed by atoms with E-state index >= 15 is 0 Å². The van der Waals surface area contributed by atoms with Crippen LogP contribution in [0.3, 0.4) is 0 Å². The molecule has 0 bridgehead atoms. The molecule has 0 heterocycles. The lowest BCUT2D eigenvalue weighted by Crippen LogP contribution is -2.54. The van der Waals surface area contributed by atoms with Gasteiger partial charge in [0.05, 0.1) is 0 Å². The Morgan fingerprint density at radius 2 is 1.84 bits per heavy atom. The van der Waals surface area contributed by atoms with Crippen molar-refractivity contribution in [1.82, 2.24) is 0 Å². The topological polar surface area (TPSA) is 60.2 Å². The Hall–Kier alpha value is -1.12. The van der Waals surface area contributed by atoms with Gasteiger partial charge in [-0.1, -0.05) is 27.2 Å². The summed E-state index contributed by atoms with van der Waals surface area (Å²) >= 11 is 0. The molecular formula is C22H33NO2. The van der Waals surface area contributed by atoms with Crippen LogP contribution in [0.5, 0.6) is 0 Å². The molecule has 3 fully saturated rings. The molecule has 25 heavy (non-hydrogen) atoms. The minimum atomic E-state index is -0.379. The van der Waals surface area contributed by atoms with Gasteiger partial charge in [0.1, 0.15) is 0 Å². The van der Waals surface area contributed by atoms with Gasteiger partial charge in [-0.2, -0.15) is 0 Å². The van der Waals surface area contributed by atoms with Gasteiger partial charge in [-0.15, -0.1) is 0 Å². The molecule has 1 unspecified atom stereocenters. The maximum atomic E-state index is 12.4. The van der Waals surface area contributed by atoms with Crippen molar-refractivity contribution >= 4 is 11.7 Å². The first kappa shape index (κ1) is 17.3. The van der Waals surface area contributed by atoms with E-state index in [1.54, 1.807) is 6.08 Å². The standard InChI is InChI=1S/C22H33NO2/c1-4-13-5-7-17-15-6-8-18-16(20(23)25)11-14(24)12-22(18,3)19(15)9-10-21(13,17)2/h11,13,15,17-19H,4-10,12H2,1-3H3,(H2,23,25)/t13-,15-,17-,18?,19-,21+,22-/m0/s1. The first-order valence-corrected chi connectivity index (χ1v) is 10.4. The van der Waals surface area contributed by atoms with Crippen LogP contribution in [0.25, 0.3) is 0 Å². The number of primary amides is 1. The van der Waals surface area contributed by atoms with Crippen molar-refractivity contribution in [3.05, 3.63) is 11.6 Å². The van der Waals surface area contributed by atoms with E-state index in [-0.39, 0.29) is 23.0 Å². The van der Waals surface area contributed by atoms with Crippen LogP contribution in [0.2, 0.25) is 0 Å². The van der Waals surface area contributed by atoms with Crippen LogP contribution >= 0.6 is 0 Å². The number of amides is 1. The number of hydrogen-bond donors (Lipinski definition) is 1. The molecule has 4 aliphatic rings. The highest BCUT2D eigenvalue weighted by atomic mass is 16.1. The van der Waals surface area contributed by atoms with Gasteiger partial charge < -0.3 is 5.73 Å². The minimum Gasteiger partial charge on any atom is -0.366 e. The van der Waals surface area contributed by atoms with E-state index in [4.69, 9.17) is 5.73 Å². The van der Waals surface area contributed by atoms with Crippen LogP contribution in [-0.4, -0.2) is 11.7 Å². The van der Waals surface area contributed by atoms with E-state index in [9.17, 15) is 9.59 Å². The molecule has 4 rings (SSSR count). The van der Waals surface area contributed by atoms with Gasteiger partial charge in [-0.25, -0.2) is 0 Å². The molecule has 0 aromatic rings. The molecule has 1 amide bonds. The number of allylic oxidation sites excluding steroid dienone is 1. The first-order chi connectivity index (χ1) is 11.8. The number of fused-ring (bicyclic) bond motifs is 5. The van der Waals surface area contributed by atoms with Gasteiger partial charge >= 0.3 is 0 Å². The largest absolute Gasteiger partial charge is 0.366 e. The van der Waals surface area contributed by atoms with Crippen molar-refractivity contribution in [2.45, 2.75) is 72.1 Å². The third kappa shape index (κ3) is 2.30. The smallest absolute Gasteiger partial charge is 0.245 e. The van der Waals surface area contributed by atoms with Crippen molar-refractivity contribution < 1.29 is 9.59 Å². The Labute approximate surface area is 151 Å². The molecule has 138 valence electrons. The van der Waals surface area contributed by atoms with Crippen molar-refractivity contribution in [2.75, 3.05) is 0 Å². The molecule has 0 aromatic carbocycles. The molecule has 0 aromatic heterocycles. The van der Waals surface area contributed by atoms with Gasteiger partial charge in [0.15, 0.2) is 5.78 Å². The quantitative estimate of drug-likeness (QED) is 0.814. The number of carbonyl (C=O) groups excluding carboxylic acids is 2. The van der Waals surface area contributed by atoms with Crippen LogP contribution in [0.1, 0.15) is 72.1 Å². The molecule has 0 spiro atoms. The van der Waals surface area contributed by atoms with Crippen LogP contribution in [0.4, 0.5) is 0 Å². The Bertz CT molecular complexity index is 638. The number of carbonyl (C=O) groups is 2. The normalized spacial score (nSPS) is 49.0. The molecule has 0 saturated heterocycles. The zero-order valence-electron chi connectivity index (χ0n) is 16.0. The second-order valence-electron chi connectivity index (χ2n) is 9.85. The summed E-state index contributed by atoms with van der Waals surface area (Å²) in [4.78, 5) is 24.4. The summed E-state index contributed by atoms with van der Waals surface area (Å²) < 4.78 is 0. The van der Waals surface area contributed by atoms with E-state index in [2.05, 4.69) is 20.8 Å². The number of nitrogens with two attached hydrogens (primary N) is 1. The molecular weight excluding hydrogens is 310 g/mol. The van der Waals surface area contributed by atoms with Crippen molar-refractivity contribution in [3.8, 4) is 0 Å². The van der Waals surface area contributed by atoms with E-state index in [1.807, 2.05) is 0 Å². The summed E-state index contributed by atoms with van der Waals surface area (Å²) in [5, 5.41) is 0. The lowest BCUT2D eigenvalue weighted by molar-refractivity contribution is -0.132. The summed E-state index contributed by atoms with van der Waals surface area (Å²) in [6, 6.07) is 0. The summed E-state index contributed by atoms with van der Waals surface area (Å²) in [5.74, 6) is 2.92. The Balaban J connectivity index is 1.68. The van der Waals surface area contributed by atoms with Crippen molar-refractivity contribution in [2.24, 2.45) is 46.2 Å². The molecule has 0 aliphatic heterocycles. The predicted octanol–water partition coefficient (Wildman–Crippen LogP) is 4.26. The zero-order valence-corrected chi connectivity index (χ0v) is 16.0. The van der Waals surface area contributed by atoms with Gasteiger partial charge in [0.25, 0.3) is 0 Å². The van der Waals surface area contributed by atoms with Crippen LogP contribution in [0.15, 0.2) is 11.6 Å². The SMILES string of the molecule is CC[C@H]1CC[C@H]2[C@@H]3CCC4C(C(N)=O)=CC(=O)C[C@]4(C)[C@H]3CC[C@]12C. The number of rotatable bonds is 2. The Morgan fingerprint density at radius 1 is 1.12 bits per heavy atom. The van der Waals surface area contributed by atoms with Gasteiger partial charge in [-0.05, 0) is 85.0 Å². The second-order valence-corrected chi connectivity index (χ2v) is 9.85. The van der Waals surface area contributed by atoms with Gasteiger partial charge in [0.2, 0.25) is 5.91 Å². The number of hydrogen-bond acceptors (Lipinski definition) is 2. The molecule has 0 radical (unpaired) electrons. The third-order valence-electron chi connectivity index (χ3n) is 9.09. The van der Waals surface area contributed by atoms with Crippen LogP contribution in [-0.2, 0) is 9.59 Å². The van der Waals surface area contributed by atoms with Crippen molar-refractivity contribution in [3.63, 3.8) is 0 Å². The maximum Gasteiger partial charge on any atom is 0.245 e. The lowest BCUT2D eigenvalue weighted by atomic mass is 9.44. The fourth-order valence-electron chi connectivity index (χ4n) is 7.94. The van der Waals surface area contributed by atoms with Crippen molar-refractivity contribution in [1.29, 1.82) is 0 Å². The lowest BCUT2D eigenvalue weighted by Gasteiger charge is -2.60. The zero-order chi connectivity index (χ0) is 18.0. The number of ketones is 1. The summed E-state index contributed by atoms with van der Waals surface area (Å²) in [6.07, 6.45) is 11.0. The highest BCUT2D eigenvalue weighted by Crippen LogP contribution is 2.67. The minimum absolute atomic E-state index is 0.0647. The average Bonchev–Trinajstić information content (AvgIpc) is 2.89. The molecule has 4 aliphatic carbocycles. The van der Waals surface area contributed by atoms with E-state index in [0.717, 1.165) is 24.2 Å². The predicted molar refractivity (Wildman–Crippen MR) is 98.6 cm³/mol. The molecule has 3 nitrogen and oxygen atoms in total. The van der Waals surface area contributed by atoms with Crippen LogP contribution in [0, 0.1) is 40.4 Å². The maximum absolute atomic E-state index is 12.4. The molecule has 7 atom stereocenters. The highest BCUT2D eigenvalue weighted by Gasteiger charge is 2.60. The Morgan fingerprint density at radius 3 is 2.52 bits per heavy atom. The fourth-order valence-corrected chi connectivity index (χ4v) is 7.94. The van der Waals surface area contributed by atoms with E-state index in [0.29, 0.717) is 23.3 Å². The summed E-state index contributed by atoms with van der Waals surface area (Å²) in [5.41, 5.74) is 6.70. The van der Waals surface area contributed by atoms with Gasteiger partial charge in [0, 0.05) is 12.0 Å².